The number of pyridine rings is 1. The third-order valence-electron chi connectivity index (χ3n) is 2.72. The van der Waals surface area contributed by atoms with E-state index in [0.717, 1.165) is 11.0 Å². The van der Waals surface area contributed by atoms with Gasteiger partial charge in [0.05, 0.1) is 5.52 Å². The first-order valence-corrected chi connectivity index (χ1v) is 5.81. The average Bonchev–Trinajstić information content (AvgIpc) is 2.30. The summed E-state index contributed by atoms with van der Waals surface area (Å²) < 4.78 is 0. The van der Waals surface area contributed by atoms with Gasteiger partial charge in [-0.3, -0.25) is 4.79 Å². The normalized spacial score (nSPS) is 11.2. The molecule has 3 aromatic rings. The number of nitrogens with one attached hydrogen (secondary N) is 1. The third-order valence-corrected chi connectivity index (χ3v) is 3.19. The number of H-pyrrole nitrogens is 1. The minimum Gasteiger partial charge on any atom is -0.354 e. The van der Waals surface area contributed by atoms with Gasteiger partial charge in [-0.25, -0.2) is 0 Å². The summed E-state index contributed by atoms with van der Waals surface area (Å²) in [4.78, 5) is 15.4. The molecule has 84 valence electrons. The second kappa shape index (κ2) is 3.76. The van der Waals surface area contributed by atoms with E-state index in [4.69, 9.17) is 23.2 Å². The number of aromatic amines is 1. The molecule has 0 fully saturated rings. The van der Waals surface area contributed by atoms with E-state index in [1.807, 2.05) is 0 Å². The van der Waals surface area contributed by atoms with Crippen molar-refractivity contribution in [3.63, 3.8) is 0 Å². The maximum atomic E-state index is 12.2. The minimum absolute atomic E-state index is 0.0343. The maximum absolute atomic E-state index is 12.2. The van der Waals surface area contributed by atoms with Gasteiger partial charge in [0.1, 0.15) is 0 Å². The molecule has 0 saturated heterocycles. The first kappa shape index (κ1) is 10.6. The molecule has 17 heavy (non-hydrogen) atoms. The first-order valence-electron chi connectivity index (χ1n) is 5.06. The summed E-state index contributed by atoms with van der Waals surface area (Å²) in [5.74, 6) is 0. The number of fused-ring (bicyclic) bond motifs is 2. The summed E-state index contributed by atoms with van der Waals surface area (Å²) >= 11 is 11.8. The van der Waals surface area contributed by atoms with Crippen molar-refractivity contribution >= 4 is 45.0 Å². The molecule has 0 bridgehead atoms. The fourth-order valence-corrected chi connectivity index (χ4v) is 2.27. The van der Waals surface area contributed by atoms with E-state index < -0.39 is 0 Å². The van der Waals surface area contributed by atoms with Gasteiger partial charge in [-0.2, -0.15) is 0 Å². The van der Waals surface area contributed by atoms with Gasteiger partial charge in [0.2, 0.25) is 0 Å². The predicted octanol–water partition coefficient (Wildman–Crippen LogP) is 3.99. The van der Waals surface area contributed by atoms with Gasteiger partial charge in [-0.1, -0.05) is 23.2 Å². The number of aromatic nitrogens is 1. The average molecular weight is 264 g/mol. The molecule has 0 aliphatic heterocycles. The Morgan fingerprint density at radius 3 is 2.35 bits per heavy atom. The summed E-state index contributed by atoms with van der Waals surface area (Å²) in [5.41, 5.74) is 1.46. The Kier molecular flexibility index (Phi) is 2.35. The molecule has 2 nitrogen and oxygen atoms in total. The first-order chi connectivity index (χ1) is 8.15. The molecule has 0 spiro atoms. The molecule has 0 amide bonds. The molecule has 1 heterocycles. The van der Waals surface area contributed by atoms with Gasteiger partial charge < -0.3 is 4.98 Å². The van der Waals surface area contributed by atoms with Crippen molar-refractivity contribution in [1.29, 1.82) is 0 Å². The number of rotatable bonds is 0. The van der Waals surface area contributed by atoms with Crippen molar-refractivity contribution in [2.75, 3.05) is 0 Å². The van der Waals surface area contributed by atoms with Gasteiger partial charge in [0, 0.05) is 26.3 Å². The Bertz CT molecular complexity index is 792. The topological polar surface area (TPSA) is 32.9 Å². The van der Waals surface area contributed by atoms with Crippen molar-refractivity contribution < 1.29 is 0 Å². The highest BCUT2D eigenvalue weighted by atomic mass is 35.5. The van der Waals surface area contributed by atoms with Crippen molar-refractivity contribution in [2.24, 2.45) is 0 Å². The van der Waals surface area contributed by atoms with Crippen molar-refractivity contribution in [1.82, 2.24) is 4.98 Å². The zero-order chi connectivity index (χ0) is 12.0. The maximum Gasteiger partial charge on any atom is 0.197 e. The Morgan fingerprint density at radius 2 is 1.53 bits per heavy atom. The van der Waals surface area contributed by atoms with Crippen LogP contribution in [0, 0.1) is 0 Å². The van der Waals surface area contributed by atoms with Gasteiger partial charge in [-0.15, -0.1) is 0 Å². The zero-order valence-electron chi connectivity index (χ0n) is 8.63. The van der Waals surface area contributed by atoms with Crippen LogP contribution in [0.15, 0.2) is 41.2 Å². The van der Waals surface area contributed by atoms with Crippen LogP contribution in [0.1, 0.15) is 0 Å². The summed E-state index contributed by atoms with van der Waals surface area (Å²) in [6.45, 7) is 0. The SMILES string of the molecule is O=c1c2ccc(Cl)cc2[nH]c2ccc(Cl)cc12. The lowest BCUT2D eigenvalue weighted by Gasteiger charge is -2.03. The summed E-state index contributed by atoms with van der Waals surface area (Å²) in [6.07, 6.45) is 0. The molecule has 3 rings (SSSR count). The van der Waals surface area contributed by atoms with Crippen LogP contribution in [0.25, 0.3) is 21.8 Å². The van der Waals surface area contributed by atoms with Crippen molar-refractivity contribution in [3.8, 4) is 0 Å². The van der Waals surface area contributed by atoms with Crippen molar-refractivity contribution in [3.05, 3.63) is 56.7 Å². The Labute approximate surface area is 107 Å². The Hall–Kier alpha value is -1.51. The standard InChI is InChI=1S/C13H7Cl2NO/c14-7-2-4-11-10(5-7)13(17)9-3-1-8(15)6-12(9)16-11/h1-6H,(H,16,17). The molecule has 0 aliphatic carbocycles. The molecule has 2 aromatic carbocycles. The summed E-state index contributed by atoms with van der Waals surface area (Å²) in [5, 5.41) is 2.36. The van der Waals surface area contributed by atoms with Crippen LogP contribution in [-0.4, -0.2) is 4.98 Å². The van der Waals surface area contributed by atoms with Gasteiger partial charge in [0.25, 0.3) is 0 Å². The third kappa shape index (κ3) is 1.70. The highest BCUT2D eigenvalue weighted by Gasteiger charge is 2.05. The highest BCUT2D eigenvalue weighted by molar-refractivity contribution is 6.31. The summed E-state index contributed by atoms with van der Waals surface area (Å²) in [6, 6.07) is 10.4. The highest BCUT2D eigenvalue weighted by Crippen LogP contribution is 2.20. The molecule has 0 atom stereocenters. The minimum atomic E-state index is -0.0343. The molecule has 0 unspecified atom stereocenters. The second-order valence-corrected chi connectivity index (χ2v) is 4.71. The molecule has 0 aliphatic rings. The zero-order valence-corrected chi connectivity index (χ0v) is 10.1. The van der Waals surface area contributed by atoms with E-state index in [0.29, 0.717) is 20.8 Å². The molecular weight excluding hydrogens is 257 g/mol. The molecular formula is C13H7Cl2NO. The van der Waals surface area contributed by atoms with Crippen LogP contribution in [0.5, 0.6) is 0 Å². The molecule has 0 saturated carbocycles. The van der Waals surface area contributed by atoms with Crippen LogP contribution in [0.2, 0.25) is 10.0 Å². The number of benzene rings is 2. The Morgan fingerprint density at radius 1 is 0.824 bits per heavy atom. The molecule has 4 heteroatoms. The molecule has 1 N–H and O–H groups in total. The van der Waals surface area contributed by atoms with Crippen LogP contribution in [-0.2, 0) is 0 Å². The van der Waals surface area contributed by atoms with Gasteiger partial charge >= 0.3 is 0 Å². The van der Waals surface area contributed by atoms with Crippen LogP contribution in [0.4, 0.5) is 0 Å². The largest absolute Gasteiger partial charge is 0.354 e. The fourth-order valence-electron chi connectivity index (χ4n) is 1.92. The lowest BCUT2D eigenvalue weighted by atomic mass is 10.1. The Balaban J connectivity index is 2.57. The van der Waals surface area contributed by atoms with Crippen LogP contribution >= 0.6 is 23.2 Å². The van der Waals surface area contributed by atoms with E-state index in [1.54, 1.807) is 36.4 Å². The number of halogens is 2. The fraction of sp³-hybridized carbons (Fsp3) is 0. The monoisotopic (exact) mass is 263 g/mol. The lowest BCUT2D eigenvalue weighted by molar-refractivity contribution is 1.48. The second-order valence-electron chi connectivity index (χ2n) is 3.83. The van der Waals surface area contributed by atoms with Crippen LogP contribution in [0.3, 0.4) is 0 Å². The van der Waals surface area contributed by atoms with Crippen LogP contribution < -0.4 is 5.43 Å². The van der Waals surface area contributed by atoms with E-state index in [9.17, 15) is 4.79 Å². The quantitative estimate of drug-likeness (QED) is 0.612. The van der Waals surface area contributed by atoms with Gasteiger partial charge in [0.15, 0.2) is 5.43 Å². The lowest BCUT2D eigenvalue weighted by Crippen LogP contribution is -2.03. The van der Waals surface area contributed by atoms with E-state index in [1.165, 1.54) is 0 Å². The number of hydrogen-bond donors (Lipinski definition) is 1. The molecule has 0 radical (unpaired) electrons. The van der Waals surface area contributed by atoms with E-state index in [2.05, 4.69) is 4.98 Å². The van der Waals surface area contributed by atoms with Gasteiger partial charge in [-0.05, 0) is 36.4 Å². The van der Waals surface area contributed by atoms with E-state index in [-0.39, 0.29) is 5.43 Å². The number of hydrogen-bond acceptors (Lipinski definition) is 1. The smallest absolute Gasteiger partial charge is 0.197 e. The van der Waals surface area contributed by atoms with Crippen molar-refractivity contribution in [2.45, 2.75) is 0 Å². The molecule has 1 aromatic heterocycles. The van der Waals surface area contributed by atoms with E-state index >= 15 is 0 Å². The predicted molar refractivity (Wildman–Crippen MR) is 72.1 cm³/mol. The summed E-state index contributed by atoms with van der Waals surface area (Å²) in [7, 11) is 0.